The number of nitrogens with zero attached hydrogens (tertiary/aromatic N) is 1. The fraction of sp³-hybridized carbons (Fsp3) is 1.00. The van der Waals surface area contributed by atoms with Gasteiger partial charge in [0.05, 0.1) is 0 Å². The molecule has 0 aromatic carbocycles. The lowest BCUT2D eigenvalue weighted by atomic mass is 9.75. The van der Waals surface area contributed by atoms with E-state index in [9.17, 15) is 0 Å². The van der Waals surface area contributed by atoms with E-state index < -0.39 is 0 Å². The van der Waals surface area contributed by atoms with Crippen LogP contribution < -0.4 is 0 Å². The molecule has 0 amide bonds. The van der Waals surface area contributed by atoms with Crippen LogP contribution in [-0.2, 0) is 0 Å². The van der Waals surface area contributed by atoms with Crippen molar-refractivity contribution in [3.05, 3.63) is 0 Å². The zero-order valence-electron chi connectivity index (χ0n) is 13.7. The van der Waals surface area contributed by atoms with E-state index >= 15 is 0 Å². The second-order valence-corrected chi connectivity index (χ2v) is 8.50. The Morgan fingerprint density at radius 2 is 1.44 bits per heavy atom. The predicted octanol–water partition coefficient (Wildman–Crippen LogP) is 4.96. The molecule has 1 nitrogen and oxygen atoms in total. The average molecular weight is 253 g/mol. The maximum atomic E-state index is 2.69. The topological polar surface area (TPSA) is 3.24 Å². The van der Waals surface area contributed by atoms with E-state index in [1.807, 2.05) is 0 Å². The molecule has 0 bridgehead atoms. The normalized spacial score (nSPS) is 20.3. The van der Waals surface area contributed by atoms with E-state index in [2.05, 4.69) is 46.4 Å². The van der Waals surface area contributed by atoms with Crippen molar-refractivity contribution in [2.45, 2.75) is 73.6 Å². The number of unbranched alkanes of at least 4 members (excludes halogenated alkanes) is 1. The summed E-state index contributed by atoms with van der Waals surface area (Å²) in [6.45, 7) is 18.2. The maximum Gasteiger partial charge on any atom is -0.00159 e. The fourth-order valence-electron chi connectivity index (χ4n) is 3.01. The van der Waals surface area contributed by atoms with Crippen LogP contribution in [0.3, 0.4) is 0 Å². The van der Waals surface area contributed by atoms with Crippen LogP contribution in [0.2, 0.25) is 0 Å². The predicted molar refractivity (Wildman–Crippen MR) is 81.9 cm³/mol. The highest BCUT2D eigenvalue weighted by molar-refractivity contribution is 4.80. The van der Waals surface area contributed by atoms with Crippen molar-refractivity contribution >= 4 is 0 Å². The summed E-state index contributed by atoms with van der Waals surface area (Å²) in [5.41, 5.74) is 1.03. The van der Waals surface area contributed by atoms with Gasteiger partial charge in [0, 0.05) is 0 Å². The zero-order valence-corrected chi connectivity index (χ0v) is 13.7. The molecule has 18 heavy (non-hydrogen) atoms. The van der Waals surface area contributed by atoms with Crippen molar-refractivity contribution in [2.24, 2.45) is 16.7 Å². The molecule has 0 saturated carbocycles. The SMILES string of the molecule is CC(C)(C)CCCCN1CCC(C(C)(C)C)CC1. The molecular formula is C17H35N. The van der Waals surface area contributed by atoms with E-state index in [0.717, 1.165) is 5.92 Å². The van der Waals surface area contributed by atoms with Gasteiger partial charge in [-0.05, 0) is 62.1 Å². The fourth-order valence-corrected chi connectivity index (χ4v) is 3.01. The number of hydrogen-bond donors (Lipinski definition) is 0. The summed E-state index contributed by atoms with van der Waals surface area (Å²) < 4.78 is 0. The van der Waals surface area contributed by atoms with E-state index in [4.69, 9.17) is 0 Å². The summed E-state index contributed by atoms with van der Waals surface area (Å²) in [4.78, 5) is 2.69. The van der Waals surface area contributed by atoms with Gasteiger partial charge in [-0.25, -0.2) is 0 Å². The lowest BCUT2D eigenvalue weighted by molar-refractivity contribution is 0.110. The van der Waals surface area contributed by atoms with Gasteiger partial charge in [0.1, 0.15) is 0 Å². The Hall–Kier alpha value is -0.0400. The van der Waals surface area contributed by atoms with Crippen LogP contribution in [0.25, 0.3) is 0 Å². The smallest absolute Gasteiger partial charge is 0.00159 e. The molecule has 0 aromatic rings. The average Bonchev–Trinajstić information content (AvgIpc) is 2.22. The lowest BCUT2D eigenvalue weighted by Gasteiger charge is -2.38. The number of hydrogen-bond acceptors (Lipinski definition) is 1. The molecule has 0 radical (unpaired) electrons. The van der Waals surface area contributed by atoms with Crippen LogP contribution in [0.4, 0.5) is 0 Å². The molecule has 0 aromatic heterocycles. The van der Waals surface area contributed by atoms with Gasteiger partial charge in [-0.3, -0.25) is 0 Å². The van der Waals surface area contributed by atoms with Gasteiger partial charge in [-0.1, -0.05) is 48.0 Å². The Balaban J connectivity index is 2.13. The molecule has 0 spiro atoms. The molecule has 1 fully saturated rings. The number of rotatable bonds is 4. The first-order valence-corrected chi connectivity index (χ1v) is 7.91. The molecular weight excluding hydrogens is 218 g/mol. The maximum absolute atomic E-state index is 2.69. The van der Waals surface area contributed by atoms with E-state index in [1.54, 1.807) is 0 Å². The molecule has 108 valence electrons. The largest absolute Gasteiger partial charge is 0.303 e. The first kappa shape index (κ1) is 16.0. The van der Waals surface area contributed by atoms with Gasteiger partial charge in [0.25, 0.3) is 0 Å². The summed E-state index contributed by atoms with van der Waals surface area (Å²) in [6.07, 6.45) is 6.96. The third kappa shape index (κ3) is 6.22. The van der Waals surface area contributed by atoms with Crippen molar-refractivity contribution < 1.29 is 0 Å². The summed E-state index contributed by atoms with van der Waals surface area (Å²) in [6, 6.07) is 0. The Bertz CT molecular complexity index is 223. The van der Waals surface area contributed by atoms with Crippen LogP contribution in [0, 0.1) is 16.7 Å². The Morgan fingerprint density at radius 3 is 1.89 bits per heavy atom. The van der Waals surface area contributed by atoms with Gasteiger partial charge < -0.3 is 4.90 Å². The minimum Gasteiger partial charge on any atom is -0.303 e. The monoisotopic (exact) mass is 253 g/mol. The zero-order chi connectivity index (χ0) is 13.8. The standard InChI is InChI=1S/C17H35N/c1-16(2,3)11-7-8-12-18-13-9-15(10-14-18)17(4,5)6/h15H,7-14H2,1-6H3. The lowest BCUT2D eigenvalue weighted by Crippen LogP contribution is -2.38. The third-order valence-corrected chi connectivity index (χ3v) is 4.46. The van der Waals surface area contributed by atoms with Crippen molar-refractivity contribution in [1.82, 2.24) is 4.90 Å². The van der Waals surface area contributed by atoms with Crippen molar-refractivity contribution in [3.8, 4) is 0 Å². The van der Waals surface area contributed by atoms with E-state index in [1.165, 1.54) is 51.7 Å². The molecule has 0 unspecified atom stereocenters. The molecule has 1 aliphatic heterocycles. The van der Waals surface area contributed by atoms with E-state index in [0.29, 0.717) is 10.8 Å². The Kier molecular flexibility index (Phi) is 5.70. The molecule has 0 atom stereocenters. The van der Waals surface area contributed by atoms with E-state index in [-0.39, 0.29) is 0 Å². The molecule has 1 saturated heterocycles. The van der Waals surface area contributed by atoms with Crippen molar-refractivity contribution in [2.75, 3.05) is 19.6 Å². The highest BCUT2D eigenvalue weighted by atomic mass is 15.1. The van der Waals surface area contributed by atoms with Gasteiger partial charge in [0.15, 0.2) is 0 Å². The summed E-state index contributed by atoms with van der Waals surface area (Å²) >= 11 is 0. The second kappa shape index (κ2) is 6.41. The summed E-state index contributed by atoms with van der Waals surface area (Å²) in [7, 11) is 0. The molecule has 1 aliphatic rings. The van der Waals surface area contributed by atoms with Gasteiger partial charge in [-0.15, -0.1) is 0 Å². The first-order valence-electron chi connectivity index (χ1n) is 7.91. The molecule has 1 heteroatoms. The minimum atomic E-state index is 0.512. The molecule has 0 N–H and O–H groups in total. The van der Waals surface area contributed by atoms with Gasteiger partial charge in [0.2, 0.25) is 0 Å². The Labute approximate surface area is 115 Å². The molecule has 0 aliphatic carbocycles. The van der Waals surface area contributed by atoms with Crippen LogP contribution in [-0.4, -0.2) is 24.5 Å². The quantitative estimate of drug-likeness (QED) is 0.640. The van der Waals surface area contributed by atoms with Crippen LogP contribution in [0.5, 0.6) is 0 Å². The number of piperidine rings is 1. The van der Waals surface area contributed by atoms with Crippen LogP contribution in [0.1, 0.15) is 73.6 Å². The highest BCUT2D eigenvalue weighted by Crippen LogP contribution is 2.34. The highest BCUT2D eigenvalue weighted by Gasteiger charge is 2.28. The van der Waals surface area contributed by atoms with Crippen molar-refractivity contribution in [1.29, 1.82) is 0 Å². The summed E-state index contributed by atoms with van der Waals surface area (Å²) in [5.74, 6) is 0.934. The third-order valence-electron chi connectivity index (χ3n) is 4.46. The first-order chi connectivity index (χ1) is 8.18. The van der Waals surface area contributed by atoms with Crippen LogP contribution in [0.15, 0.2) is 0 Å². The number of likely N-dealkylation sites (tertiary alicyclic amines) is 1. The molecule has 1 heterocycles. The van der Waals surface area contributed by atoms with Crippen molar-refractivity contribution in [3.63, 3.8) is 0 Å². The van der Waals surface area contributed by atoms with Crippen LogP contribution >= 0.6 is 0 Å². The summed E-state index contributed by atoms with van der Waals surface area (Å²) in [5, 5.41) is 0. The second-order valence-electron chi connectivity index (χ2n) is 8.50. The molecule has 1 rings (SSSR count). The van der Waals surface area contributed by atoms with Gasteiger partial charge >= 0.3 is 0 Å². The Morgan fingerprint density at radius 1 is 0.889 bits per heavy atom. The van der Waals surface area contributed by atoms with Gasteiger partial charge in [-0.2, -0.15) is 0 Å². The minimum absolute atomic E-state index is 0.512.